The molecule has 4 rings (SSSR count). The molecule has 0 spiro atoms. The zero-order chi connectivity index (χ0) is 21.6. The predicted octanol–water partition coefficient (Wildman–Crippen LogP) is 4.57. The fourth-order valence-corrected chi connectivity index (χ4v) is 4.21. The molecule has 2 aliphatic heterocycles. The van der Waals surface area contributed by atoms with Crippen LogP contribution < -0.4 is 14.2 Å². The van der Waals surface area contributed by atoms with Crippen LogP contribution in [0.15, 0.2) is 42.5 Å². The van der Waals surface area contributed by atoms with Gasteiger partial charge in [0.1, 0.15) is 5.75 Å². The summed E-state index contributed by atoms with van der Waals surface area (Å²) in [6, 6.07) is 13.1. The Morgan fingerprint density at radius 1 is 1.00 bits per heavy atom. The lowest BCUT2D eigenvalue weighted by Crippen LogP contribution is -2.30. The number of Topliss-reactive ketones (excluding diaryl/α,β-unsaturated/α-hetero) is 1. The summed E-state index contributed by atoms with van der Waals surface area (Å²) in [5.74, 6) is 2.25. The molecular weight excluding hydrogens is 394 g/mol. The summed E-state index contributed by atoms with van der Waals surface area (Å²) < 4.78 is 16.9. The quantitative estimate of drug-likeness (QED) is 0.610. The Hall–Kier alpha value is -3.02. The third-order valence-electron chi connectivity index (χ3n) is 5.78. The van der Waals surface area contributed by atoms with Gasteiger partial charge >= 0.3 is 0 Å². The minimum absolute atomic E-state index is 0.0187. The molecule has 1 saturated heterocycles. The highest BCUT2D eigenvalue weighted by atomic mass is 16.5. The second-order valence-corrected chi connectivity index (χ2v) is 7.88. The lowest BCUT2D eigenvalue weighted by molar-refractivity contribution is -0.132. The van der Waals surface area contributed by atoms with Crippen LogP contribution in [0.5, 0.6) is 17.2 Å². The van der Waals surface area contributed by atoms with E-state index in [1.54, 1.807) is 24.3 Å². The number of hydrogen-bond donors (Lipinski definition) is 0. The standard InChI is InChI=1S/C25H29NO5/c1-2-29-20-9-6-18(7-10-20)22(27)11-13-25(28)26-14-3-5-21(26)19-8-12-23-24(17-19)31-16-4-15-30-23/h6-10,12,17,21H,2-5,11,13-16H2,1H3. The van der Waals surface area contributed by atoms with Gasteiger partial charge in [-0.3, -0.25) is 9.59 Å². The molecule has 31 heavy (non-hydrogen) atoms. The smallest absolute Gasteiger partial charge is 0.223 e. The van der Waals surface area contributed by atoms with E-state index in [2.05, 4.69) is 0 Å². The van der Waals surface area contributed by atoms with Crippen molar-refractivity contribution in [1.29, 1.82) is 0 Å². The van der Waals surface area contributed by atoms with Crippen molar-refractivity contribution < 1.29 is 23.8 Å². The molecule has 0 aromatic heterocycles. The van der Waals surface area contributed by atoms with E-state index in [1.807, 2.05) is 30.0 Å². The Morgan fingerprint density at radius 2 is 1.77 bits per heavy atom. The van der Waals surface area contributed by atoms with Crippen molar-refractivity contribution >= 4 is 11.7 Å². The molecule has 6 heteroatoms. The van der Waals surface area contributed by atoms with Crippen LogP contribution in [-0.4, -0.2) is 43.0 Å². The number of nitrogens with zero attached hydrogens (tertiary/aromatic N) is 1. The van der Waals surface area contributed by atoms with Crippen LogP contribution in [0.4, 0.5) is 0 Å². The van der Waals surface area contributed by atoms with E-state index >= 15 is 0 Å². The first-order chi connectivity index (χ1) is 15.2. The third-order valence-corrected chi connectivity index (χ3v) is 5.78. The summed E-state index contributed by atoms with van der Waals surface area (Å²) in [7, 11) is 0. The van der Waals surface area contributed by atoms with Gasteiger partial charge in [0.15, 0.2) is 17.3 Å². The summed E-state index contributed by atoms with van der Waals surface area (Å²) in [4.78, 5) is 27.4. The van der Waals surface area contributed by atoms with Crippen molar-refractivity contribution in [3.63, 3.8) is 0 Å². The maximum atomic E-state index is 12.9. The van der Waals surface area contributed by atoms with Crippen LogP contribution in [0, 0.1) is 0 Å². The van der Waals surface area contributed by atoms with Gasteiger partial charge in [-0.15, -0.1) is 0 Å². The van der Waals surface area contributed by atoms with E-state index in [9.17, 15) is 9.59 Å². The predicted molar refractivity (Wildman–Crippen MR) is 117 cm³/mol. The number of amides is 1. The van der Waals surface area contributed by atoms with Gasteiger partial charge < -0.3 is 19.1 Å². The molecule has 2 aromatic carbocycles. The van der Waals surface area contributed by atoms with Crippen LogP contribution >= 0.6 is 0 Å². The summed E-state index contributed by atoms with van der Waals surface area (Å²) in [5, 5.41) is 0. The van der Waals surface area contributed by atoms with Gasteiger partial charge in [0.25, 0.3) is 0 Å². The average molecular weight is 424 g/mol. The molecule has 0 N–H and O–H groups in total. The number of ether oxygens (including phenoxy) is 3. The van der Waals surface area contributed by atoms with Crippen molar-refractivity contribution in [3.8, 4) is 17.2 Å². The number of fused-ring (bicyclic) bond motifs is 1. The average Bonchev–Trinajstić information content (AvgIpc) is 3.17. The van der Waals surface area contributed by atoms with E-state index in [0.717, 1.165) is 48.6 Å². The molecule has 164 valence electrons. The Bertz CT molecular complexity index is 924. The van der Waals surface area contributed by atoms with Crippen molar-refractivity contribution in [2.24, 2.45) is 0 Å². The fourth-order valence-electron chi connectivity index (χ4n) is 4.21. The van der Waals surface area contributed by atoms with Crippen molar-refractivity contribution in [2.45, 2.75) is 45.1 Å². The second-order valence-electron chi connectivity index (χ2n) is 7.88. The first-order valence-electron chi connectivity index (χ1n) is 11.1. The first kappa shape index (κ1) is 21.2. The lowest BCUT2D eigenvalue weighted by atomic mass is 10.0. The van der Waals surface area contributed by atoms with Crippen molar-refractivity contribution in [2.75, 3.05) is 26.4 Å². The minimum atomic E-state index is -0.0253. The Labute approximate surface area is 183 Å². The molecule has 0 aliphatic carbocycles. The number of ketones is 1. The number of carbonyl (C=O) groups excluding carboxylic acids is 2. The first-order valence-corrected chi connectivity index (χ1v) is 11.1. The molecule has 0 saturated carbocycles. The number of likely N-dealkylation sites (tertiary alicyclic amines) is 1. The molecule has 2 aromatic rings. The Kier molecular flexibility index (Phi) is 6.75. The molecule has 2 heterocycles. The SMILES string of the molecule is CCOc1ccc(C(=O)CCC(=O)N2CCCC2c2ccc3c(c2)OCCCO3)cc1. The van der Waals surface area contributed by atoms with E-state index < -0.39 is 0 Å². The molecular formula is C25H29NO5. The molecule has 2 aliphatic rings. The maximum Gasteiger partial charge on any atom is 0.223 e. The molecule has 1 fully saturated rings. The number of benzene rings is 2. The van der Waals surface area contributed by atoms with Crippen LogP contribution in [0.2, 0.25) is 0 Å². The van der Waals surface area contributed by atoms with Crippen LogP contribution in [-0.2, 0) is 4.79 Å². The maximum absolute atomic E-state index is 12.9. The van der Waals surface area contributed by atoms with E-state index in [-0.39, 0.29) is 30.6 Å². The Morgan fingerprint density at radius 3 is 2.55 bits per heavy atom. The van der Waals surface area contributed by atoms with Gasteiger partial charge in [-0.1, -0.05) is 6.07 Å². The highest BCUT2D eigenvalue weighted by Gasteiger charge is 2.30. The topological polar surface area (TPSA) is 65.1 Å². The molecule has 6 nitrogen and oxygen atoms in total. The van der Waals surface area contributed by atoms with Crippen LogP contribution in [0.1, 0.15) is 61.0 Å². The minimum Gasteiger partial charge on any atom is -0.494 e. The molecule has 1 unspecified atom stereocenters. The third kappa shape index (κ3) is 5.01. The molecule has 0 bridgehead atoms. The zero-order valence-corrected chi connectivity index (χ0v) is 18.0. The molecule has 1 amide bonds. The number of carbonyl (C=O) groups is 2. The monoisotopic (exact) mass is 423 g/mol. The molecule has 0 radical (unpaired) electrons. The highest BCUT2D eigenvalue weighted by Crippen LogP contribution is 2.38. The Balaban J connectivity index is 1.38. The summed E-state index contributed by atoms with van der Waals surface area (Å²) in [5.41, 5.74) is 1.67. The van der Waals surface area contributed by atoms with Gasteiger partial charge in [-0.2, -0.15) is 0 Å². The van der Waals surface area contributed by atoms with Crippen LogP contribution in [0.3, 0.4) is 0 Å². The van der Waals surface area contributed by atoms with Crippen molar-refractivity contribution in [3.05, 3.63) is 53.6 Å². The van der Waals surface area contributed by atoms with Gasteiger partial charge in [-0.25, -0.2) is 0 Å². The zero-order valence-electron chi connectivity index (χ0n) is 18.0. The summed E-state index contributed by atoms with van der Waals surface area (Å²) >= 11 is 0. The summed E-state index contributed by atoms with van der Waals surface area (Å²) in [6.07, 6.45) is 3.15. The fraction of sp³-hybridized carbons (Fsp3) is 0.440. The van der Waals surface area contributed by atoms with Crippen LogP contribution in [0.25, 0.3) is 0 Å². The normalized spacial score (nSPS) is 17.8. The van der Waals surface area contributed by atoms with Gasteiger partial charge in [0.05, 0.1) is 25.9 Å². The number of rotatable bonds is 7. The second kappa shape index (κ2) is 9.86. The van der Waals surface area contributed by atoms with Gasteiger partial charge in [-0.05, 0) is 61.7 Å². The van der Waals surface area contributed by atoms with E-state index in [0.29, 0.717) is 25.4 Å². The molecule has 1 atom stereocenters. The van der Waals surface area contributed by atoms with E-state index in [1.165, 1.54) is 0 Å². The number of hydrogen-bond acceptors (Lipinski definition) is 5. The van der Waals surface area contributed by atoms with E-state index in [4.69, 9.17) is 14.2 Å². The summed E-state index contributed by atoms with van der Waals surface area (Å²) in [6.45, 7) is 4.51. The van der Waals surface area contributed by atoms with Gasteiger partial charge in [0.2, 0.25) is 5.91 Å². The van der Waals surface area contributed by atoms with Gasteiger partial charge in [0, 0.05) is 31.4 Å². The lowest BCUT2D eigenvalue weighted by Gasteiger charge is -2.25. The van der Waals surface area contributed by atoms with Crippen molar-refractivity contribution in [1.82, 2.24) is 4.90 Å². The largest absolute Gasteiger partial charge is 0.494 e. The highest BCUT2D eigenvalue weighted by molar-refractivity contribution is 5.98.